The van der Waals surface area contributed by atoms with Crippen LogP contribution in [0.4, 0.5) is 16.3 Å². The molecule has 3 aromatic rings. The first-order valence-electron chi connectivity index (χ1n) is 8.26. The van der Waals surface area contributed by atoms with E-state index in [-0.39, 0.29) is 12.5 Å². The van der Waals surface area contributed by atoms with Gasteiger partial charge in [0.1, 0.15) is 5.82 Å². The number of benzene rings is 1. The van der Waals surface area contributed by atoms with Crippen molar-refractivity contribution in [3.05, 3.63) is 54.1 Å². The summed E-state index contributed by atoms with van der Waals surface area (Å²) < 4.78 is 9.92. The van der Waals surface area contributed by atoms with E-state index in [1.54, 1.807) is 43.3 Å². The number of carbonyl (C=O) groups excluding carboxylic acids is 2. The molecule has 27 heavy (non-hydrogen) atoms. The van der Waals surface area contributed by atoms with Gasteiger partial charge >= 0.3 is 6.09 Å². The number of hydrogen-bond donors (Lipinski definition) is 2. The number of fused-ring (bicyclic) bond motifs is 1. The largest absolute Gasteiger partial charge is 0.481 e. The Bertz CT molecular complexity index is 990. The average Bonchev–Trinajstić information content (AvgIpc) is 2.67. The third kappa shape index (κ3) is 4.49. The minimum Gasteiger partial charge on any atom is -0.481 e. The molecule has 2 N–H and O–H groups in total. The van der Waals surface area contributed by atoms with Crippen molar-refractivity contribution in [3.8, 4) is 5.88 Å². The molecular weight excluding hydrogens is 348 g/mol. The second-order valence-electron chi connectivity index (χ2n) is 5.48. The summed E-state index contributed by atoms with van der Waals surface area (Å²) in [7, 11) is 1.52. The Balaban J connectivity index is 1.76. The quantitative estimate of drug-likeness (QED) is 0.717. The first-order chi connectivity index (χ1) is 13.1. The van der Waals surface area contributed by atoms with E-state index in [0.29, 0.717) is 28.6 Å². The lowest BCUT2D eigenvalue weighted by atomic mass is 10.2. The predicted octanol–water partition coefficient (Wildman–Crippen LogP) is 3.46. The molecule has 8 nitrogen and oxygen atoms in total. The van der Waals surface area contributed by atoms with Gasteiger partial charge < -0.3 is 14.8 Å². The number of nitrogens with one attached hydrogen (secondary N) is 2. The first kappa shape index (κ1) is 18.1. The molecule has 0 aliphatic heterocycles. The van der Waals surface area contributed by atoms with Gasteiger partial charge in [-0.2, -0.15) is 4.98 Å². The minimum absolute atomic E-state index is 0.262. The Morgan fingerprint density at radius 1 is 1.04 bits per heavy atom. The molecule has 0 radical (unpaired) electrons. The van der Waals surface area contributed by atoms with Crippen molar-refractivity contribution in [2.24, 2.45) is 0 Å². The van der Waals surface area contributed by atoms with Crippen LogP contribution in [-0.2, 0) is 4.74 Å². The molecule has 0 fully saturated rings. The summed E-state index contributed by atoms with van der Waals surface area (Å²) in [6, 6.07) is 13.6. The third-order valence-electron chi connectivity index (χ3n) is 3.62. The third-order valence-corrected chi connectivity index (χ3v) is 3.62. The maximum atomic E-state index is 12.5. The second-order valence-corrected chi connectivity index (χ2v) is 5.48. The molecule has 8 heteroatoms. The van der Waals surface area contributed by atoms with Crippen LogP contribution in [0.1, 0.15) is 17.3 Å². The van der Waals surface area contributed by atoms with Crippen LogP contribution in [0.15, 0.2) is 48.5 Å². The van der Waals surface area contributed by atoms with Gasteiger partial charge in [0.15, 0.2) is 5.65 Å². The van der Waals surface area contributed by atoms with E-state index < -0.39 is 6.09 Å². The minimum atomic E-state index is -0.578. The molecule has 0 aliphatic carbocycles. The fourth-order valence-corrected chi connectivity index (χ4v) is 2.38. The number of aromatic nitrogens is 2. The zero-order valence-corrected chi connectivity index (χ0v) is 14.9. The van der Waals surface area contributed by atoms with E-state index >= 15 is 0 Å². The number of carbonyl (C=O) groups is 2. The second kappa shape index (κ2) is 8.13. The standard InChI is InChI=1S/C19H18N4O4/c1-3-27-19(25)20-14-6-4-5-13(11-14)18(24)22-15-9-7-12-8-10-16(26-2)23-17(12)21-15/h4-11H,3H2,1-2H3,(H,20,25)(H,21,22,23,24). The molecule has 2 amide bonds. The summed E-state index contributed by atoms with van der Waals surface area (Å²) >= 11 is 0. The zero-order valence-electron chi connectivity index (χ0n) is 14.9. The van der Waals surface area contributed by atoms with E-state index in [1.807, 2.05) is 12.1 Å². The lowest BCUT2D eigenvalue weighted by Gasteiger charge is -2.08. The molecule has 0 saturated carbocycles. The molecule has 0 spiro atoms. The molecule has 138 valence electrons. The smallest absolute Gasteiger partial charge is 0.411 e. The highest BCUT2D eigenvalue weighted by atomic mass is 16.5. The van der Waals surface area contributed by atoms with Gasteiger partial charge in [0.2, 0.25) is 5.88 Å². The van der Waals surface area contributed by atoms with Crippen LogP contribution in [0.2, 0.25) is 0 Å². The van der Waals surface area contributed by atoms with Crippen LogP contribution in [-0.4, -0.2) is 35.7 Å². The fourth-order valence-electron chi connectivity index (χ4n) is 2.38. The Morgan fingerprint density at radius 2 is 1.85 bits per heavy atom. The van der Waals surface area contributed by atoms with E-state index in [0.717, 1.165) is 5.39 Å². The van der Waals surface area contributed by atoms with Gasteiger partial charge in [-0.15, -0.1) is 0 Å². The number of anilines is 2. The summed E-state index contributed by atoms with van der Waals surface area (Å²) in [6.45, 7) is 1.98. The molecular formula is C19H18N4O4. The number of ether oxygens (including phenoxy) is 2. The Kier molecular flexibility index (Phi) is 5.46. The van der Waals surface area contributed by atoms with E-state index in [9.17, 15) is 9.59 Å². The van der Waals surface area contributed by atoms with E-state index in [2.05, 4.69) is 20.6 Å². The molecule has 2 heterocycles. The zero-order chi connectivity index (χ0) is 19.2. The van der Waals surface area contributed by atoms with Gasteiger partial charge in [-0.05, 0) is 43.3 Å². The summed E-state index contributed by atoms with van der Waals surface area (Å²) in [4.78, 5) is 32.6. The lowest BCUT2D eigenvalue weighted by Crippen LogP contribution is -2.15. The number of nitrogens with zero attached hydrogens (tertiary/aromatic N) is 2. The lowest BCUT2D eigenvalue weighted by molar-refractivity contribution is 0.102. The maximum Gasteiger partial charge on any atom is 0.411 e. The van der Waals surface area contributed by atoms with Crippen LogP contribution in [0.3, 0.4) is 0 Å². The Hall–Kier alpha value is -3.68. The number of rotatable bonds is 5. The van der Waals surface area contributed by atoms with Crippen molar-refractivity contribution in [2.45, 2.75) is 6.92 Å². The van der Waals surface area contributed by atoms with Crippen molar-refractivity contribution >= 4 is 34.5 Å². The summed E-state index contributed by atoms with van der Waals surface area (Å²) in [5.41, 5.74) is 1.29. The molecule has 0 bridgehead atoms. The van der Waals surface area contributed by atoms with Crippen molar-refractivity contribution in [2.75, 3.05) is 24.4 Å². The molecule has 3 rings (SSSR count). The monoisotopic (exact) mass is 366 g/mol. The van der Waals surface area contributed by atoms with Gasteiger partial charge in [0.25, 0.3) is 5.91 Å². The van der Waals surface area contributed by atoms with Crippen LogP contribution in [0.5, 0.6) is 5.88 Å². The highest BCUT2D eigenvalue weighted by molar-refractivity contribution is 6.05. The van der Waals surface area contributed by atoms with Gasteiger partial charge in [-0.25, -0.2) is 9.78 Å². The highest BCUT2D eigenvalue weighted by Gasteiger charge is 2.10. The van der Waals surface area contributed by atoms with Crippen molar-refractivity contribution < 1.29 is 19.1 Å². The average molecular weight is 366 g/mol. The first-order valence-corrected chi connectivity index (χ1v) is 8.26. The van der Waals surface area contributed by atoms with Crippen molar-refractivity contribution in [1.82, 2.24) is 9.97 Å². The number of methoxy groups -OCH3 is 1. The predicted molar refractivity (Wildman–Crippen MR) is 101 cm³/mol. The van der Waals surface area contributed by atoms with Crippen LogP contribution in [0.25, 0.3) is 11.0 Å². The van der Waals surface area contributed by atoms with E-state index in [1.165, 1.54) is 7.11 Å². The van der Waals surface area contributed by atoms with Gasteiger partial charge in [0, 0.05) is 22.7 Å². The Labute approximate surface area is 155 Å². The summed E-state index contributed by atoms with van der Waals surface area (Å²) in [5.74, 6) is 0.436. The summed E-state index contributed by atoms with van der Waals surface area (Å²) in [5, 5.41) is 6.11. The van der Waals surface area contributed by atoms with Crippen LogP contribution < -0.4 is 15.4 Å². The number of pyridine rings is 2. The van der Waals surface area contributed by atoms with Gasteiger partial charge in [-0.3, -0.25) is 10.1 Å². The molecule has 0 saturated heterocycles. The van der Waals surface area contributed by atoms with Crippen molar-refractivity contribution in [3.63, 3.8) is 0 Å². The van der Waals surface area contributed by atoms with Gasteiger partial charge in [0.05, 0.1) is 13.7 Å². The maximum absolute atomic E-state index is 12.5. The molecule has 0 aliphatic rings. The van der Waals surface area contributed by atoms with E-state index in [4.69, 9.17) is 9.47 Å². The van der Waals surface area contributed by atoms with Crippen LogP contribution in [0, 0.1) is 0 Å². The molecule has 2 aromatic heterocycles. The topological polar surface area (TPSA) is 102 Å². The normalized spacial score (nSPS) is 10.3. The highest BCUT2D eigenvalue weighted by Crippen LogP contribution is 2.18. The number of amides is 2. The Morgan fingerprint density at radius 3 is 2.63 bits per heavy atom. The molecule has 0 unspecified atom stereocenters. The fraction of sp³-hybridized carbons (Fsp3) is 0.158. The van der Waals surface area contributed by atoms with Crippen LogP contribution >= 0.6 is 0 Å². The van der Waals surface area contributed by atoms with Gasteiger partial charge in [-0.1, -0.05) is 6.07 Å². The number of hydrogen-bond acceptors (Lipinski definition) is 6. The molecule has 0 atom stereocenters. The summed E-state index contributed by atoms with van der Waals surface area (Å²) in [6.07, 6.45) is -0.578. The molecule has 1 aromatic carbocycles. The SMILES string of the molecule is CCOC(=O)Nc1cccc(C(=O)Nc2ccc3ccc(OC)nc3n2)c1. The van der Waals surface area contributed by atoms with Crippen molar-refractivity contribution in [1.29, 1.82) is 0 Å².